The summed E-state index contributed by atoms with van der Waals surface area (Å²) in [6.45, 7) is 8.50. The molecule has 3 aromatic carbocycles. The summed E-state index contributed by atoms with van der Waals surface area (Å²) in [5, 5.41) is 27.3. The molecule has 0 atom stereocenters. The van der Waals surface area contributed by atoms with Crippen molar-refractivity contribution in [2.45, 2.75) is 27.2 Å². The van der Waals surface area contributed by atoms with Crippen LogP contribution in [0.3, 0.4) is 0 Å². The third-order valence-electron chi connectivity index (χ3n) is 5.35. The van der Waals surface area contributed by atoms with Crippen molar-refractivity contribution in [2.24, 2.45) is 20.5 Å². The fraction of sp³-hybridized carbons (Fsp3) is 0.269. The first-order chi connectivity index (χ1) is 17.5. The quantitative estimate of drug-likeness (QED) is 0.218. The van der Waals surface area contributed by atoms with E-state index in [0.29, 0.717) is 28.6 Å². The molecule has 0 bridgehead atoms. The van der Waals surface area contributed by atoms with Gasteiger partial charge in [-0.05, 0) is 56.7 Å². The van der Waals surface area contributed by atoms with E-state index >= 15 is 0 Å². The third-order valence-corrected chi connectivity index (χ3v) is 6.26. The van der Waals surface area contributed by atoms with Gasteiger partial charge >= 0.3 is 0 Å². The number of nitrogens with zero attached hydrogens (tertiary/aromatic N) is 6. The molecule has 0 aliphatic rings. The standard InChI is InChI=1S/C26H27FN6O2S/c1-4-13-35-24-16-25-22(15-20(24)27)28-26(36-25)32-31-21-12-9-18(14-23(21)34)30-29-17-7-10-19(11-8-17)33(5-2)6-3/h7-12,14-16,34H,4-6,13H2,1-3H3/b30-29+,32-31+. The van der Waals surface area contributed by atoms with E-state index < -0.39 is 5.82 Å². The van der Waals surface area contributed by atoms with Crippen LogP contribution in [-0.4, -0.2) is 29.8 Å². The summed E-state index contributed by atoms with van der Waals surface area (Å²) in [7, 11) is 0. The molecule has 0 radical (unpaired) electrons. The second-order valence-corrected chi connectivity index (χ2v) is 8.87. The lowest BCUT2D eigenvalue weighted by atomic mass is 10.2. The largest absolute Gasteiger partial charge is 0.506 e. The number of anilines is 1. The van der Waals surface area contributed by atoms with Crippen molar-refractivity contribution >= 4 is 49.4 Å². The van der Waals surface area contributed by atoms with Gasteiger partial charge in [0.2, 0.25) is 5.13 Å². The number of thiazole rings is 1. The van der Waals surface area contributed by atoms with Gasteiger partial charge < -0.3 is 14.7 Å². The minimum Gasteiger partial charge on any atom is -0.506 e. The average Bonchev–Trinajstić information content (AvgIpc) is 3.28. The van der Waals surface area contributed by atoms with Gasteiger partial charge in [0.05, 0.1) is 28.2 Å². The number of aromatic hydroxyl groups is 1. The molecule has 36 heavy (non-hydrogen) atoms. The molecule has 4 aromatic rings. The van der Waals surface area contributed by atoms with Crippen molar-refractivity contribution in [3.8, 4) is 11.5 Å². The van der Waals surface area contributed by atoms with Crippen LogP contribution < -0.4 is 9.64 Å². The maximum atomic E-state index is 14.2. The number of ether oxygens (including phenoxy) is 1. The van der Waals surface area contributed by atoms with Crippen LogP contribution >= 0.6 is 11.3 Å². The Morgan fingerprint density at radius 2 is 1.64 bits per heavy atom. The van der Waals surface area contributed by atoms with Crippen LogP contribution in [0.2, 0.25) is 0 Å². The Morgan fingerprint density at radius 3 is 2.33 bits per heavy atom. The van der Waals surface area contributed by atoms with Crippen molar-refractivity contribution in [2.75, 3.05) is 24.6 Å². The SMILES string of the molecule is CCCOc1cc2sc(/N=N/c3ccc(/N=N/c4ccc(N(CC)CC)cc4)cc3O)nc2cc1F. The Labute approximate surface area is 212 Å². The van der Waals surface area contributed by atoms with Crippen LogP contribution in [0.15, 0.2) is 75.1 Å². The van der Waals surface area contributed by atoms with Crippen molar-refractivity contribution in [1.82, 2.24) is 4.98 Å². The van der Waals surface area contributed by atoms with Crippen LogP contribution in [0.25, 0.3) is 10.2 Å². The fourth-order valence-corrected chi connectivity index (χ4v) is 4.27. The molecule has 1 heterocycles. The molecular formula is C26H27FN6O2S. The van der Waals surface area contributed by atoms with Crippen LogP contribution in [0.5, 0.6) is 11.5 Å². The highest BCUT2D eigenvalue weighted by molar-refractivity contribution is 7.21. The van der Waals surface area contributed by atoms with E-state index in [4.69, 9.17) is 4.74 Å². The van der Waals surface area contributed by atoms with Gasteiger partial charge in [-0.2, -0.15) is 10.2 Å². The molecule has 0 amide bonds. The highest BCUT2D eigenvalue weighted by Gasteiger charge is 2.11. The van der Waals surface area contributed by atoms with E-state index in [-0.39, 0.29) is 17.2 Å². The molecule has 1 aromatic heterocycles. The number of halogens is 1. The van der Waals surface area contributed by atoms with E-state index in [1.165, 1.54) is 23.5 Å². The topological polar surface area (TPSA) is 95.0 Å². The summed E-state index contributed by atoms with van der Waals surface area (Å²) in [5.74, 6) is -0.361. The second-order valence-electron chi connectivity index (χ2n) is 7.86. The predicted octanol–water partition coefficient (Wildman–Crippen LogP) is 8.61. The van der Waals surface area contributed by atoms with E-state index in [9.17, 15) is 9.50 Å². The fourth-order valence-electron chi connectivity index (χ4n) is 3.47. The van der Waals surface area contributed by atoms with Crippen LogP contribution in [0.1, 0.15) is 27.2 Å². The number of rotatable bonds is 10. The van der Waals surface area contributed by atoms with Gasteiger partial charge in [0.25, 0.3) is 0 Å². The molecule has 0 aliphatic heterocycles. The summed E-state index contributed by atoms with van der Waals surface area (Å²) < 4.78 is 20.3. The zero-order valence-corrected chi connectivity index (χ0v) is 21.2. The molecule has 0 spiro atoms. The first-order valence-corrected chi connectivity index (χ1v) is 12.6. The molecule has 0 saturated carbocycles. The highest BCUT2D eigenvalue weighted by atomic mass is 32.1. The number of hydrogen-bond donors (Lipinski definition) is 1. The van der Waals surface area contributed by atoms with Gasteiger partial charge in [-0.25, -0.2) is 9.37 Å². The molecule has 0 fully saturated rings. The summed E-state index contributed by atoms with van der Waals surface area (Å²) in [4.78, 5) is 6.54. The Bertz CT molecular complexity index is 1380. The lowest BCUT2D eigenvalue weighted by molar-refractivity contribution is 0.302. The normalized spacial score (nSPS) is 11.7. The maximum Gasteiger partial charge on any atom is 0.231 e. The zero-order valence-electron chi connectivity index (χ0n) is 20.3. The number of azo groups is 2. The number of fused-ring (bicyclic) bond motifs is 1. The van der Waals surface area contributed by atoms with Crippen molar-refractivity contribution in [3.63, 3.8) is 0 Å². The number of aromatic nitrogens is 1. The van der Waals surface area contributed by atoms with Gasteiger partial charge in [-0.1, -0.05) is 18.3 Å². The monoisotopic (exact) mass is 506 g/mol. The summed E-state index contributed by atoms with van der Waals surface area (Å²) >= 11 is 1.26. The van der Waals surface area contributed by atoms with Gasteiger partial charge in [0.1, 0.15) is 11.4 Å². The first-order valence-electron chi connectivity index (χ1n) is 11.7. The zero-order chi connectivity index (χ0) is 25.5. The first kappa shape index (κ1) is 25.2. The predicted molar refractivity (Wildman–Crippen MR) is 142 cm³/mol. The minimum absolute atomic E-state index is 0.0884. The molecular weight excluding hydrogens is 479 g/mol. The van der Waals surface area contributed by atoms with Gasteiger partial charge in [0, 0.05) is 37.0 Å². The van der Waals surface area contributed by atoms with Crippen LogP contribution in [0, 0.1) is 5.82 Å². The average molecular weight is 507 g/mol. The second kappa shape index (κ2) is 11.7. The summed E-state index contributed by atoms with van der Waals surface area (Å²) in [5.41, 5.74) is 3.06. The van der Waals surface area contributed by atoms with Gasteiger partial charge in [0.15, 0.2) is 11.6 Å². The Kier molecular flexibility index (Phi) is 8.17. The van der Waals surface area contributed by atoms with Crippen molar-refractivity contribution in [1.29, 1.82) is 0 Å². The molecule has 1 N–H and O–H groups in total. The van der Waals surface area contributed by atoms with E-state index in [1.807, 2.05) is 31.2 Å². The number of phenols is 1. The molecule has 0 saturated heterocycles. The van der Waals surface area contributed by atoms with Crippen LogP contribution in [-0.2, 0) is 0 Å². The summed E-state index contributed by atoms with van der Waals surface area (Å²) in [6, 6.07) is 15.5. The lowest BCUT2D eigenvalue weighted by Gasteiger charge is -2.20. The molecule has 0 unspecified atom stereocenters. The van der Waals surface area contributed by atoms with Crippen molar-refractivity contribution < 1.29 is 14.2 Å². The van der Waals surface area contributed by atoms with E-state index in [2.05, 4.69) is 44.2 Å². The third kappa shape index (κ3) is 6.01. The van der Waals surface area contributed by atoms with Gasteiger partial charge in [-0.3, -0.25) is 0 Å². The molecule has 186 valence electrons. The maximum absolute atomic E-state index is 14.2. The molecule has 10 heteroatoms. The Morgan fingerprint density at radius 1 is 0.917 bits per heavy atom. The number of phenolic OH excluding ortho intramolecular Hbond substituents is 1. The highest BCUT2D eigenvalue weighted by Crippen LogP contribution is 2.36. The summed E-state index contributed by atoms with van der Waals surface area (Å²) in [6.07, 6.45) is 0.785. The Hall–Kier alpha value is -3.92. The Balaban J connectivity index is 1.45. The van der Waals surface area contributed by atoms with Gasteiger partial charge in [-0.15, -0.1) is 10.2 Å². The van der Waals surface area contributed by atoms with E-state index in [1.54, 1.807) is 18.2 Å². The molecule has 8 nitrogen and oxygen atoms in total. The molecule has 0 aliphatic carbocycles. The minimum atomic E-state index is -0.466. The lowest BCUT2D eigenvalue weighted by Crippen LogP contribution is -2.21. The van der Waals surface area contributed by atoms with E-state index in [0.717, 1.165) is 29.9 Å². The molecule has 4 rings (SSSR count). The van der Waals surface area contributed by atoms with Crippen LogP contribution in [0.4, 0.5) is 32.3 Å². The van der Waals surface area contributed by atoms with Crippen molar-refractivity contribution in [3.05, 3.63) is 60.4 Å². The smallest absolute Gasteiger partial charge is 0.231 e. The number of hydrogen-bond acceptors (Lipinski definition) is 9. The number of benzene rings is 3.